The van der Waals surface area contributed by atoms with Crippen molar-refractivity contribution in [3.8, 4) is 5.75 Å². The van der Waals surface area contributed by atoms with E-state index in [1.807, 2.05) is 11.9 Å². The largest absolute Gasteiger partial charge is 0.492 e. The highest BCUT2D eigenvalue weighted by atomic mass is 16.5. The highest BCUT2D eigenvalue weighted by Crippen LogP contribution is 2.11. The van der Waals surface area contributed by atoms with Gasteiger partial charge in [-0.2, -0.15) is 0 Å². The molecule has 0 amide bonds. The van der Waals surface area contributed by atoms with Crippen LogP contribution in [0.2, 0.25) is 0 Å². The third-order valence-corrected chi connectivity index (χ3v) is 2.61. The number of nitrogens with zero attached hydrogens (tertiary/aromatic N) is 3. The minimum Gasteiger partial charge on any atom is -0.492 e. The Balaban J connectivity index is 1.81. The van der Waals surface area contributed by atoms with Gasteiger partial charge in [0.05, 0.1) is 6.54 Å². The summed E-state index contributed by atoms with van der Waals surface area (Å²) in [5.74, 6) is 1.41. The molecule has 2 rings (SSSR count). The van der Waals surface area contributed by atoms with E-state index in [1.165, 1.54) is 0 Å². The molecule has 5 nitrogen and oxygen atoms in total. The molecule has 0 aliphatic rings. The number of carbonyl (C=O) groups is 1. The SMILES string of the molecule is CN(CCOc1ccc(C=O)cc1)c1ncccn1. The molecule has 1 aromatic carbocycles. The summed E-state index contributed by atoms with van der Waals surface area (Å²) in [6.07, 6.45) is 4.22. The first-order valence-corrected chi connectivity index (χ1v) is 5.96. The standard InChI is InChI=1S/C14H15N3O2/c1-17(14-15-7-2-8-16-14)9-10-19-13-5-3-12(11-18)4-6-13/h2-8,11H,9-10H2,1H3. The van der Waals surface area contributed by atoms with Crippen molar-refractivity contribution in [2.45, 2.75) is 0 Å². The average Bonchev–Trinajstić information content (AvgIpc) is 2.49. The van der Waals surface area contributed by atoms with Crippen LogP contribution < -0.4 is 9.64 Å². The first kappa shape index (κ1) is 13.0. The lowest BCUT2D eigenvalue weighted by molar-refractivity contribution is 0.112. The molecular weight excluding hydrogens is 242 g/mol. The van der Waals surface area contributed by atoms with Crippen LogP contribution in [-0.4, -0.2) is 36.5 Å². The quantitative estimate of drug-likeness (QED) is 0.739. The predicted octanol–water partition coefficient (Wildman–Crippen LogP) is 1.80. The number of hydrogen-bond acceptors (Lipinski definition) is 5. The molecule has 5 heteroatoms. The van der Waals surface area contributed by atoms with E-state index in [0.29, 0.717) is 24.7 Å². The monoisotopic (exact) mass is 257 g/mol. The van der Waals surface area contributed by atoms with Gasteiger partial charge >= 0.3 is 0 Å². The highest BCUT2D eigenvalue weighted by molar-refractivity contribution is 5.74. The lowest BCUT2D eigenvalue weighted by Gasteiger charge is -2.16. The summed E-state index contributed by atoms with van der Waals surface area (Å²) in [4.78, 5) is 20.7. The Hall–Kier alpha value is -2.43. The Morgan fingerprint density at radius 1 is 1.21 bits per heavy atom. The smallest absolute Gasteiger partial charge is 0.225 e. The number of aldehydes is 1. The van der Waals surface area contributed by atoms with Gasteiger partial charge in [-0.25, -0.2) is 9.97 Å². The lowest BCUT2D eigenvalue weighted by Crippen LogP contribution is -2.25. The maximum absolute atomic E-state index is 10.5. The number of likely N-dealkylation sites (N-methyl/N-ethyl adjacent to an activating group) is 1. The molecule has 0 N–H and O–H groups in total. The number of benzene rings is 1. The van der Waals surface area contributed by atoms with Crippen molar-refractivity contribution in [2.24, 2.45) is 0 Å². The van der Waals surface area contributed by atoms with Gasteiger partial charge in [-0.15, -0.1) is 0 Å². The highest BCUT2D eigenvalue weighted by Gasteiger charge is 2.02. The van der Waals surface area contributed by atoms with Crippen LogP contribution in [0.4, 0.5) is 5.95 Å². The lowest BCUT2D eigenvalue weighted by atomic mass is 10.2. The number of anilines is 1. The Morgan fingerprint density at radius 3 is 2.53 bits per heavy atom. The third kappa shape index (κ3) is 3.77. The van der Waals surface area contributed by atoms with E-state index in [-0.39, 0.29) is 0 Å². The molecule has 0 unspecified atom stereocenters. The number of ether oxygens (including phenoxy) is 1. The van der Waals surface area contributed by atoms with Crippen LogP contribution in [0, 0.1) is 0 Å². The number of rotatable bonds is 6. The zero-order chi connectivity index (χ0) is 13.5. The fourth-order valence-corrected chi connectivity index (χ4v) is 1.53. The summed E-state index contributed by atoms with van der Waals surface area (Å²) < 4.78 is 5.58. The van der Waals surface area contributed by atoms with E-state index < -0.39 is 0 Å². The van der Waals surface area contributed by atoms with Gasteiger partial charge in [0, 0.05) is 25.0 Å². The summed E-state index contributed by atoms with van der Waals surface area (Å²) in [6.45, 7) is 1.20. The Morgan fingerprint density at radius 2 is 1.89 bits per heavy atom. The van der Waals surface area contributed by atoms with Crippen molar-refractivity contribution in [1.82, 2.24) is 9.97 Å². The van der Waals surface area contributed by atoms with E-state index in [0.717, 1.165) is 12.0 Å². The second kappa shape index (κ2) is 6.49. The molecule has 0 spiro atoms. The molecular formula is C14H15N3O2. The molecule has 1 heterocycles. The van der Waals surface area contributed by atoms with Gasteiger partial charge in [0.2, 0.25) is 5.95 Å². The molecule has 0 atom stereocenters. The predicted molar refractivity (Wildman–Crippen MR) is 72.6 cm³/mol. The number of aromatic nitrogens is 2. The molecule has 1 aromatic heterocycles. The van der Waals surface area contributed by atoms with Crippen LogP contribution in [0.3, 0.4) is 0 Å². The second-order valence-electron chi connectivity index (χ2n) is 4.01. The van der Waals surface area contributed by atoms with Crippen molar-refractivity contribution in [3.05, 3.63) is 48.3 Å². The van der Waals surface area contributed by atoms with E-state index in [9.17, 15) is 4.79 Å². The summed E-state index contributed by atoms with van der Waals surface area (Å²) in [6, 6.07) is 8.80. The van der Waals surface area contributed by atoms with Crippen LogP contribution in [0.5, 0.6) is 5.75 Å². The third-order valence-electron chi connectivity index (χ3n) is 2.61. The van der Waals surface area contributed by atoms with E-state index in [4.69, 9.17) is 4.74 Å². The van der Waals surface area contributed by atoms with Gasteiger partial charge in [-0.1, -0.05) is 0 Å². The van der Waals surface area contributed by atoms with Crippen LogP contribution in [0.1, 0.15) is 10.4 Å². The van der Waals surface area contributed by atoms with Crippen molar-refractivity contribution in [1.29, 1.82) is 0 Å². The summed E-state index contributed by atoms with van der Waals surface area (Å²) in [5.41, 5.74) is 0.641. The number of carbonyl (C=O) groups excluding carboxylic acids is 1. The fourth-order valence-electron chi connectivity index (χ4n) is 1.53. The molecule has 19 heavy (non-hydrogen) atoms. The summed E-state index contributed by atoms with van der Waals surface area (Å²) >= 11 is 0. The molecule has 0 aliphatic carbocycles. The molecule has 0 radical (unpaired) electrons. The van der Waals surface area contributed by atoms with Gasteiger partial charge in [-0.3, -0.25) is 4.79 Å². The zero-order valence-electron chi connectivity index (χ0n) is 10.7. The topological polar surface area (TPSA) is 55.3 Å². The Labute approximate surface area is 111 Å². The maximum Gasteiger partial charge on any atom is 0.225 e. The molecule has 0 saturated carbocycles. The average molecular weight is 257 g/mol. The van der Waals surface area contributed by atoms with Crippen LogP contribution >= 0.6 is 0 Å². The Bertz CT molecular complexity index is 514. The van der Waals surface area contributed by atoms with Gasteiger partial charge in [0.25, 0.3) is 0 Å². The first-order chi connectivity index (χ1) is 9.29. The Kier molecular flexibility index (Phi) is 4.44. The van der Waals surface area contributed by atoms with Crippen LogP contribution in [0.25, 0.3) is 0 Å². The van der Waals surface area contributed by atoms with E-state index in [2.05, 4.69) is 9.97 Å². The molecule has 98 valence electrons. The molecule has 0 aliphatic heterocycles. The maximum atomic E-state index is 10.5. The van der Waals surface area contributed by atoms with E-state index in [1.54, 1.807) is 42.7 Å². The summed E-state index contributed by atoms with van der Waals surface area (Å²) in [7, 11) is 1.91. The summed E-state index contributed by atoms with van der Waals surface area (Å²) in [5, 5.41) is 0. The van der Waals surface area contributed by atoms with Crippen molar-refractivity contribution in [3.63, 3.8) is 0 Å². The normalized spacial score (nSPS) is 9.95. The number of hydrogen-bond donors (Lipinski definition) is 0. The molecule has 0 fully saturated rings. The second-order valence-corrected chi connectivity index (χ2v) is 4.01. The van der Waals surface area contributed by atoms with Gasteiger partial charge in [0.15, 0.2) is 0 Å². The fraction of sp³-hybridized carbons (Fsp3) is 0.214. The van der Waals surface area contributed by atoms with Crippen molar-refractivity contribution in [2.75, 3.05) is 25.1 Å². The van der Waals surface area contributed by atoms with Gasteiger partial charge in [0.1, 0.15) is 18.6 Å². The minimum absolute atomic E-state index is 0.523. The molecule has 0 saturated heterocycles. The molecule has 0 bridgehead atoms. The first-order valence-electron chi connectivity index (χ1n) is 5.96. The van der Waals surface area contributed by atoms with Crippen molar-refractivity contribution < 1.29 is 9.53 Å². The minimum atomic E-state index is 0.523. The van der Waals surface area contributed by atoms with Gasteiger partial charge < -0.3 is 9.64 Å². The van der Waals surface area contributed by atoms with E-state index >= 15 is 0 Å². The zero-order valence-corrected chi connectivity index (χ0v) is 10.7. The van der Waals surface area contributed by atoms with Crippen LogP contribution in [-0.2, 0) is 0 Å². The van der Waals surface area contributed by atoms with Gasteiger partial charge in [-0.05, 0) is 30.3 Å². The molecule has 2 aromatic rings. The van der Waals surface area contributed by atoms with Crippen LogP contribution in [0.15, 0.2) is 42.7 Å². The van der Waals surface area contributed by atoms with Crippen molar-refractivity contribution >= 4 is 12.2 Å².